The molecule has 8 aromatic carbocycles. The molecule has 55 heavy (non-hydrogen) atoms. The normalized spacial score (nSPS) is 14.4. The van der Waals surface area contributed by atoms with E-state index in [1.807, 2.05) is 0 Å². The Balaban J connectivity index is 1.24. The van der Waals surface area contributed by atoms with Crippen LogP contribution in [0.25, 0.3) is 28.3 Å². The van der Waals surface area contributed by atoms with E-state index in [0.717, 1.165) is 12.8 Å². The Bertz CT molecular complexity index is 2490. The highest BCUT2D eigenvalue weighted by Crippen LogP contribution is 2.63. The lowest BCUT2D eigenvalue weighted by molar-refractivity contribution is 0.416. The summed E-state index contributed by atoms with van der Waals surface area (Å²) in [6.07, 6.45) is 6.70. The zero-order valence-corrected chi connectivity index (χ0v) is 30.9. The minimum atomic E-state index is -0.463. The van der Waals surface area contributed by atoms with E-state index in [4.69, 9.17) is 0 Å². The average molecular weight is 703 g/mol. The van der Waals surface area contributed by atoms with Gasteiger partial charge in [-0.15, -0.1) is 0 Å². The summed E-state index contributed by atoms with van der Waals surface area (Å²) >= 11 is 0. The molecule has 0 aliphatic heterocycles. The summed E-state index contributed by atoms with van der Waals surface area (Å²) in [6, 6.07) is 77.2. The van der Waals surface area contributed by atoms with Crippen molar-refractivity contribution in [2.75, 3.05) is 0 Å². The van der Waals surface area contributed by atoms with Gasteiger partial charge in [0, 0.05) is 17.3 Å². The van der Waals surface area contributed by atoms with Gasteiger partial charge in [-0.3, -0.25) is 0 Å². The van der Waals surface area contributed by atoms with Crippen molar-refractivity contribution in [1.29, 1.82) is 0 Å². The zero-order valence-electron chi connectivity index (χ0n) is 30.9. The van der Waals surface area contributed by atoms with Crippen molar-refractivity contribution in [2.24, 2.45) is 0 Å². The summed E-state index contributed by atoms with van der Waals surface area (Å²) in [5, 5.41) is 0. The fourth-order valence-corrected chi connectivity index (χ4v) is 9.71. The molecule has 0 bridgehead atoms. The molecule has 1 unspecified atom stereocenters. The van der Waals surface area contributed by atoms with Gasteiger partial charge in [0.2, 0.25) is 0 Å². The molecule has 0 amide bonds. The minimum absolute atomic E-state index is 0.0446. The molecule has 0 radical (unpaired) electrons. The van der Waals surface area contributed by atoms with Crippen molar-refractivity contribution >= 4 is 6.08 Å². The van der Waals surface area contributed by atoms with Gasteiger partial charge in [-0.05, 0) is 96.8 Å². The molecule has 0 nitrogen and oxygen atoms in total. The van der Waals surface area contributed by atoms with Crippen molar-refractivity contribution in [2.45, 2.75) is 30.1 Å². The summed E-state index contributed by atoms with van der Waals surface area (Å²) in [4.78, 5) is 0. The Morgan fingerprint density at radius 1 is 0.364 bits per heavy atom. The highest BCUT2D eigenvalue weighted by atomic mass is 14.5. The van der Waals surface area contributed by atoms with Crippen molar-refractivity contribution in [1.82, 2.24) is 0 Å². The molecule has 0 spiro atoms. The third-order valence-electron chi connectivity index (χ3n) is 12.1. The molecule has 0 saturated heterocycles. The number of rotatable bonds is 9. The minimum Gasteiger partial charge on any atom is -0.0751 e. The van der Waals surface area contributed by atoms with Crippen LogP contribution >= 0.6 is 0 Å². The van der Waals surface area contributed by atoms with E-state index >= 15 is 0 Å². The number of fused-ring (bicyclic) bond motifs is 4. The smallest absolute Gasteiger partial charge is 0.0415 e. The monoisotopic (exact) mass is 702 g/mol. The molecule has 0 saturated carbocycles. The van der Waals surface area contributed by atoms with Crippen LogP contribution in [0.15, 0.2) is 212 Å². The maximum Gasteiger partial charge on any atom is 0.0415 e. The first-order chi connectivity index (χ1) is 27.3. The Hall–Kier alpha value is -6.50. The van der Waals surface area contributed by atoms with E-state index in [2.05, 4.69) is 218 Å². The van der Waals surface area contributed by atoms with E-state index < -0.39 is 5.41 Å². The first-order valence-corrected chi connectivity index (χ1v) is 19.6. The van der Waals surface area contributed by atoms with Crippen LogP contribution < -0.4 is 0 Å². The SMILES string of the molecule is C1=CC(C(c2ccccc2)(c2ccccc2)C2c3cc(Cc4ccccc4)ccc3-c3ccc(Cc4ccccc4)cc32)c2ccc(-c3ccccc3)cc21. The molecule has 1 atom stereocenters. The second-order valence-electron chi connectivity index (χ2n) is 15.2. The van der Waals surface area contributed by atoms with Crippen molar-refractivity contribution in [3.05, 3.63) is 268 Å². The molecule has 0 aromatic heterocycles. The molecule has 0 N–H and O–H groups in total. The molecular formula is C55H42. The van der Waals surface area contributed by atoms with Crippen molar-refractivity contribution in [3.63, 3.8) is 0 Å². The van der Waals surface area contributed by atoms with Crippen LogP contribution in [0.5, 0.6) is 0 Å². The van der Waals surface area contributed by atoms with Crippen LogP contribution in [0.3, 0.4) is 0 Å². The second kappa shape index (κ2) is 14.0. The van der Waals surface area contributed by atoms with E-state index in [1.54, 1.807) is 0 Å². The molecule has 0 heterocycles. The third-order valence-corrected chi connectivity index (χ3v) is 12.1. The van der Waals surface area contributed by atoms with Crippen LogP contribution in [0.2, 0.25) is 0 Å². The zero-order chi connectivity index (χ0) is 36.6. The van der Waals surface area contributed by atoms with Gasteiger partial charge in [0.05, 0.1) is 0 Å². The Morgan fingerprint density at radius 3 is 1.35 bits per heavy atom. The molecule has 2 aliphatic carbocycles. The van der Waals surface area contributed by atoms with E-state index in [-0.39, 0.29) is 11.8 Å². The van der Waals surface area contributed by atoms with Gasteiger partial charge in [0.1, 0.15) is 0 Å². The molecule has 262 valence electrons. The highest BCUT2D eigenvalue weighted by Gasteiger charge is 2.53. The van der Waals surface area contributed by atoms with Gasteiger partial charge in [-0.25, -0.2) is 0 Å². The maximum atomic E-state index is 2.54. The fourth-order valence-electron chi connectivity index (χ4n) is 9.71. The molecule has 0 fully saturated rings. The summed E-state index contributed by atoms with van der Waals surface area (Å²) in [5.41, 5.74) is 18.3. The summed E-state index contributed by atoms with van der Waals surface area (Å²) in [7, 11) is 0. The number of allylic oxidation sites excluding steroid dienone is 1. The summed E-state index contributed by atoms with van der Waals surface area (Å²) in [5.74, 6) is 0.125. The van der Waals surface area contributed by atoms with Crippen LogP contribution in [0.4, 0.5) is 0 Å². The van der Waals surface area contributed by atoms with Crippen molar-refractivity contribution in [3.8, 4) is 22.3 Å². The van der Waals surface area contributed by atoms with Crippen LogP contribution in [-0.4, -0.2) is 0 Å². The summed E-state index contributed by atoms with van der Waals surface area (Å²) < 4.78 is 0. The van der Waals surface area contributed by atoms with Gasteiger partial charge in [0.15, 0.2) is 0 Å². The number of hydrogen-bond donors (Lipinski definition) is 0. The fraction of sp³-hybridized carbons (Fsp3) is 0.0909. The second-order valence-corrected chi connectivity index (χ2v) is 15.2. The largest absolute Gasteiger partial charge is 0.0751 e. The van der Waals surface area contributed by atoms with Gasteiger partial charge in [-0.2, -0.15) is 0 Å². The Labute approximate surface area is 325 Å². The van der Waals surface area contributed by atoms with Crippen LogP contribution in [0, 0.1) is 0 Å². The summed E-state index contributed by atoms with van der Waals surface area (Å²) in [6.45, 7) is 0. The lowest BCUT2D eigenvalue weighted by Gasteiger charge is -2.46. The maximum absolute atomic E-state index is 2.54. The third kappa shape index (κ3) is 5.86. The van der Waals surface area contributed by atoms with Crippen molar-refractivity contribution < 1.29 is 0 Å². The van der Waals surface area contributed by atoms with Gasteiger partial charge in [0.25, 0.3) is 0 Å². The molecule has 2 aliphatic rings. The quantitative estimate of drug-likeness (QED) is 0.140. The highest BCUT2D eigenvalue weighted by molar-refractivity contribution is 5.83. The molecule has 0 heteroatoms. The lowest BCUT2D eigenvalue weighted by atomic mass is 9.55. The van der Waals surface area contributed by atoms with Crippen LogP contribution in [-0.2, 0) is 18.3 Å². The van der Waals surface area contributed by atoms with Gasteiger partial charge >= 0.3 is 0 Å². The number of hydrogen-bond acceptors (Lipinski definition) is 0. The van der Waals surface area contributed by atoms with E-state index in [9.17, 15) is 0 Å². The predicted molar refractivity (Wildman–Crippen MR) is 230 cm³/mol. The van der Waals surface area contributed by atoms with E-state index in [1.165, 1.54) is 77.9 Å². The molecule has 8 aromatic rings. The Kier molecular flexibility index (Phi) is 8.45. The first kappa shape index (κ1) is 33.1. The Morgan fingerprint density at radius 2 is 0.836 bits per heavy atom. The topological polar surface area (TPSA) is 0 Å². The van der Waals surface area contributed by atoms with Gasteiger partial charge in [-0.1, -0.05) is 212 Å². The standard InChI is InChI=1S/C55H42/c1-6-16-39(17-7-1)34-41-26-30-49-50-31-27-42(35-40-18-8-2-9-19-40)37-52(50)54(51(49)36-41)55(46-22-12-4-13-23-46,47-24-14-5-15-25-47)53-33-29-45-38-44(28-32-48(45)53)43-20-10-3-11-21-43/h1-33,36-38,53-54H,34-35H2. The number of benzene rings is 8. The average Bonchev–Trinajstić information content (AvgIpc) is 3.82. The lowest BCUT2D eigenvalue weighted by Crippen LogP contribution is -2.40. The van der Waals surface area contributed by atoms with Gasteiger partial charge < -0.3 is 0 Å². The first-order valence-electron chi connectivity index (χ1n) is 19.6. The predicted octanol–water partition coefficient (Wildman–Crippen LogP) is 13.4. The van der Waals surface area contributed by atoms with Crippen LogP contribution in [0.1, 0.15) is 67.5 Å². The molecular weight excluding hydrogens is 661 g/mol. The van der Waals surface area contributed by atoms with E-state index in [0.29, 0.717) is 0 Å². The molecule has 10 rings (SSSR count).